The molecule has 0 spiro atoms. The van der Waals surface area contributed by atoms with E-state index in [1.54, 1.807) is 18.7 Å². The molecule has 2 rings (SSSR count). The van der Waals surface area contributed by atoms with E-state index in [9.17, 15) is 4.79 Å². The Morgan fingerprint density at radius 2 is 2.00 bits per heavy atom. The van der Waals surface area contributed by atoms with Gasteiger partial charge in [-0.3, -0.25) is 0 Å². The summed E-state index contributed by atoms with van der Waals surface area (Å²) in [5, 5.41) is 9.12. The predicted molar refractivity (Wildman–Crippen MR) is 120 cm³/mol. The lowest BCUT2D eigenvalue weighted by molar-refractivity contribution is -0.145. The van der Waals surface area contributed by atoms with E-state index < -0.39 is 12.1 Å². The van der Waals surface area contributed by atoms with Crippen LogP contribution < -0.4 is 4.74 Å². The first-order valence-electron chi connectivity index (χ1n) is 8.15. The van der Waals surface area contributed by atoms with Crippen molar-refractivity contribution in [3.63, 3.8) is 0 Å². The Bertz CT molecular complexity index is 790. The third kappa shape index (κ3) is 6.32. The van der Waals surface area contributed by atoms with Crippen LogP contribution in [0.5, 0.6) is 5.75 Å². The second-order valence-electron chi connectivity index (χ2n) is 5.65. The van der Waals surface area contributed by atoms with E-state index in [0.29, 0.717) is 12.2 Å². The van der Waals surface area contributed by atoms with Gasteiger partial charge in [-0.2, -0.15) is 0 Å². The molecule has 1 N–H and O–H groups in total. The first-order chi connectivity index (χ1) is 12.4. The first-order valence-corrected chi connectivity index (χ1v) is 11.0. The summed E-state index contributed by atoms with van der Waals surface area (Å²) in [5.41, 5.74) is 2.15. The number of hydrogen-bond donors (Lipinski definition) is 1. The van der Waals surface area contributed by atoms with Crippen LogP contribution >= 0.6 is 50.3 Å². The number of carboxylic acid groups (broad SMARTS) is 1. The largest absolute Gasteiger partial charge is 0.479 e. The summed E-state index contributed by atoms with van der Waals surface area (Å²) in [6.45, 7) is 3.74. The monoisotopic (exact) mass is 546 g/mol. The number of aryl methyl sites for hydroxylation is 1. The predicted octanol–water partition coefficient (Wildman–Crippen LogP) is 6.57. The number of hydrogen-bond acceptors (Lipinski definition) is 3. The summed E-state index contributed by atoms with van der Waals surface area (Å²) in [7, 11) is 0. The molecule has 0 aromatic heterocycles. The molecule has 0 bridgehead atoms. The fourth-order valence-electron chi connectivity index (χ4n) is 2.24. The Labute approximate surface area is 180 Å². The fourth-order valence-corrected chi connectivity index (χ4v) is 4.25. The Morgan fingerprint density at radius 1 is 1.31 bits per heavy atom. The highest BCUT2D eigenvalue weighted by Crippen LogP contribution is 2.29. The minimum Gasteiger partial charge on any atom is -0.479 e. The van der Waals surface area contributed by atoms with Crippen molar-refractivity contribution in [3.8, 4) is 5.75 Å². The zero-order valence-electron chi connectivity index (χ0n) is 14.5. The maximum atomic E-state index is 11.1. The van der Waals surface area contributed by atoms with E-state index in [2.05, 4.69) is 56.7 Å². The highest BCUT2D eigenvalue weighted by Gasteiger charge is 2.17. The maximum Gasteiger partial charge on any atom is 0.344 e. The van der Waals surface area contributed by atoms with E-state index >= 15 is 0 Å². The van der Waals surface area contributed by atoms with Gasteiger partial charge in [-0.05, 0) is 77.4 Å². The molecule has 0 saturated carbocycles. The van der Waals surface area contributed by atoms with E-state index in [0.717, 1.165) is 20.7 Å². The highest BCUT2D eigenvalue weighted by molar-refractivity contribution is 14.1. The van der Waals surface area contributed by atoms with Gasteiger partial charge in [0.05, 0.1) is 0 Å². The molecule has 3 nitrogen and oxygen atoms in total. The van der Waals surface area contributed by atoms with Gasteiger partial charge >= 0.3 is 5.97 Å². The molecule has 0 amide bonds. The molecule has 0 fully saturated rings. The van der Waals surface area contributed by atoms with Crippen molar-refractivity contribution >= 4 is 59.8 Å². The summed E-state index contributed by atoms with van der Waals surface area (Å²) in [6, 6.07) is 14.1. The van der Waals surface area contributed by atoms with E-state index in [4.69, 9.17) is 9.84 Å². The SMILES string of the molecule is CCC(Oc1ccc(SCC=C(I)c2ccc(Br)cc2)cc1C)C(=O)O. The number of carboxylic acids is 1. The molecule has 0 aliphatic carbocycles. The standard InChI is InChI=1S/C20H20BrIO3S/c1-3-18(20(23)24)25-19-9-8-16(12-13(19)2)26-11-10-17(22)14-4-6-15(21)7-5-14/h4-10,12,18H,3,11H2,1-2H3,(H,23,24). The number of ether oxygens (including phenoxy) is 1. The third-order valence-electron chi connectivity index (χ3n) is 3.69. The average molecular weight is 547 g/mol. The van der Waals surface area contributed by atoms with Crippen LogP contribution in [0.25, 0.3) is 3.58 Å². The van der Waals surface area contributed by atoms with Crippen molar-refractivity contribution in [2.24, 2.45) is 0 Å². The molecule has 2 aromatic rings. The van der Waals surface area contributed by atoms with Crippen LogP contribution in [0.3, 0.4) is 0 Å². The van der Waals surface area contributed by atoms with Gasteiger partial charge in [0.25, 0.3) is 0 Å². The van der Waals surface area contributed by atoms with Crippen molar-refractivity contribution in [1.82, 2.24) is 0 Å². The minimum atomic E-state index is -0.932. The summed E-state index contributed by atoms with van der Waals surface area (Å²) >= 11 is 7.54. The van der Waals surface area contributed by atoms with Gasteiger partial charge < -0.3 is 9.84 Å². The molecular formula is C20H20BrIO3S. The third-order valence-corrected chi connectivity index (χ3v) is 6.21. The quantitative estimate of drug-likeness (QED) is 0.300. The minimum absolute atomic E-state index is 0.435. The Hall–Kier alpha value is -0.990. The summed E-state index contributed by atoms with van der Waals surface area (Å²) < 4.78 is 7.88. The Balaban J connectivity index is 1.98. The number of rotatable bonds is 8. The van der Waals surface area contributed by atoms with E-state index in [1.807, 2.05) is 37.3 Å². The van der Waals surface area contributed by atoms with Crippen molar-refractivity contribution < 1.29 is 14.6 Å². The van der Waals surface area contributed by atoms with Crippen molar-refractivity contribution in [2.45, 2.75) is 31.3 Å². The van der Waals surface area contributed by atoms with Gasteiger partial charge in [0.2, 0.25) is 0 Å². The summed E-state index contributed by atoms with van der Waals surface area (Å²) in [4.78, 5) is 12.2. The molecule has 1 atom stereocenters. The molecule has 0 heterocycles. The van der Waals surface area contributed by atoms with Gasteiger partial charge in [-0.15, -0.1) is 11.8 Å². The van der Waals surface area contributed by atoms with Gasteiger partial charge in [-0.25, -0.2) is 4.79 Å². The molecule has 26 heavy (non-hydrogen) atoms. The van der Waals surface area contributed by atoms with Crippen molar-refractivity contribution in [2.75, 3.05) is 5.75 Å². The topological polar surface area (TPSA) is 46.5 Å². The van der Waals surface area contributed by atoms with Crippen LogP contribution in [0.2, 0.25) is 0 Å². The number of benzene rings is 2. The van der Waals surface area contributed by atoms with Crippen LogP contribution in [-0.4, -0.2) is 22.9 Å². The zero-order valence-corrected chi connectivity index (χ0v) is 19.1. The van der Waals surface area contributed by atoms with Crippen LogP contribution in [-0.2, 0) is 4.79 Å². The number of carbonyl (C=O) groups is 1. The van der Waals surface area contributed by atoms with Crippen LogP contribution in [0.4, 0.5) is 0 Å². The first kappa shape index (κ1) is 21.3. The zero-order chi connectivity index (χ0) is 19.1. The molecule has 0 radical (unpaired) electrons. The lowest BCUT2D eigenvalue weighted by Gasteiger charge is -2.15. The smallest absolute Gasteiger partial charge is 0.344 e. The molecule has 6 heteroatoms. The van der Waals surface area contributed by atoms with Gasteiger partial charge in [0.15, 0.2) is 6.10 Å². The second kappa shape index (κ2) is 10.4. The molecule has 1 unspecified atom stereocenters. The van der Waals surface area contributed by atoms with Crippen molar-refractivity contribution in [3.05, 3.63) is 64.1 Å². The van der Waals surface area contributed by atoms with Gasteiger partial charge in [0.1, 0.15) is 5.75 Å². The highest BCUT2D eigenvalue weighted by atomic mass is 127. The van der Waals surface area contributed by atoms with Crippen LogP contribution in [0.15, 0.2) is 57.9 Å². The number of aliphatic carboxylic acids is 1. The summed E-state index contributed by atoms with van der Waals surface area (Å²) in [5.74, 6) is 0.558. The number of halogens is 2. The maximum absolute atomic E-state index is 11.1. The molecule has 138 valence electrons. The molecule has 2 aromatic carbocycles. The molecular weight excluding hydrogens is 527 g/mol. The number of thioether (sulfide) groups is 1. The van der Waals surface area contributed by atoms with Gasteiger partial charge in [0, 0.05) is 18.7 Å². The molecule has 0 aliphatic rings. The lowest BCUT2D eigenvalue weighted by Crippen LogP contribution is -2.26. The van der Waals surface area contributed by atoms with E-state index in [-0.39, 0.29) is 0 Å². The Morgan fingerprint density at radius 3 is 2.58 bits per heavy atom. The fraction of sp³-hybridized carbons (Fsp3) is 0.250. The summed E-state index contributed by atoms with van der Waals surface area (Å²) in [6.07, 6.45) is 1.83. The molecule has 0 aliphatic heterocycles. The second-order valence-corrected chi connectivity index (χ2v) is 8.82. The molecule has 0 saturated heterocycles. The van der Waals surface area contributed by atoms with Crippen LogP contribution in [0.1, 0.15) is 24.5 Å². The van der Waals surface area contributed by atoms with Crippen molar-refractivity contribution in [1.29, 1.82) is 0 Å². The average Bonchev–Trinajstić information content (AvgIpc) is 2.61. The normalized spacial score (nSPS) is 12.7. The van der Waals surface area contributed by atoms with Crippen LogP contribution in [0, 0.1) is 6.92 Å². The Kier molecular flexibility index (Phi) is 8.50. The lowest BCUT2D eigenvalue weighted by atomic mass is 10.2. The van der Waals surface area contributed by atoms with E-state index in [1.165, 1.54) is 9.14 Å². The van der Waals surface area contributed by atoms with Gasteiger partial charge in [-0.1, -0.05) is 41.1 Å².